The SMILES string of the molecule is O=C=N[B][SiH3]. The van der Waals surface area contributed by atoms with Crippen molar-refractivity contribution in [2.45, 2.75) is 0 Å². The lowest BCUT2D eigenvalue weighted by Crippen LogP contribution is -1.76. The molecule has 0 aromatic rings. The molecule has 0 saturated carbocycles. The molecule has 1 radical (unpaired) electrons. The fourth-order valence-electron chi connectivity index (χ4n) is 0.0527. The predicted octanol–water partition coefficient (Wildman–Crippen LogP) is -1.78. The number of nitrogens with zero attached hydrogens (tertiary/aromatic N) is 1. The molecule has 0 fully saturated rings. The molecule has 0 spiro atoms. The predicted molar refractivity (Wildman–Crippen MR) is 23.8 cm³/mol. The molecule has 5 heavy (non-hydrogen) atoms. The van der Waals surface area contributed by atoms with Gasteiger partial charge >= 0.3 is 0 Å². The molecule has 4 heteroatoms. The molecule has 0 aromatic heterocycles. The Balaban J connectivity index is 2.93. The highest BCUT2D eigenvalue weighted by Crippen LogP contribution is 1.39. The number of hydrogen-bond donors (Lipinski definition) is 0. The van der Waals surface area contributed by atoms with Crippen molar-refractivity contribution in [2.24, 2.45) is 4.90 Å². The van der Waals surface area contributed by atoms with E-state index in [1.807, 2.05) is 0 Å². The second-order valence-electron chi connectivity index (χ2n) is 0.479. The molecule has 0 saturated heterocycles. The zero-order valence-corrected chi connectivity index (χ0v) is 4.93. The van der Waals surface area contributed by atoms with Crippen molar-refractivity contribution in [3.63, 3.8) is 0 Å². The summed E-state index contributed by atoms with van der Waals surface area (Å²) >= 11 is 0. The quantitative estimate of drug-likeness (QED) is 0.210. The monoisotopic (exact) mass is 84.0 g/mol. The highest BCUT2D eigenvalue weighted by Gasteiger charge is 1.60. The standard InChI is InChI=1S/CH3BNOSi/c4-1-3-2-5/h5H3. The van der Waals surface area contributed by atoms with Crippen LogP contribution in [0.1, 0.15) is 0 Å². The van der Waals surface area contributed by atoms with Gasteiger partial charge in [-0.15, -0.1) is 0 Å². The fraction of sp³-hybridized carbons (Fsp3) is 0. The molecule has 0 amide bonds. The molecular weight excluding hydrogens is 80.9 g/mol. The number of isocyanates is 1. The van der Waals surface area contributed by atoms with Crippen LogP contribution in [-0.2, 0) is 4.79 Å². The van der Waals surface area contributed by atoms with Crippen LogP contribution in [0.2, 0.25) is 0 Å². The Morgan fingerprint density at radius 1 is 2.00 bits per heavy atom. The Morgan fingerprint density at radius 2 is 2.60 bits per heavy atom. The van der Waals surface area contributed by atoms with Gasteiger partial charge in [-0.25, -0.2) is 4.79 Å². The first-order chi connectivity index (χ1) is 2.41. The van der Waals surface area contributed by atoms with E-state index in [0.29, 0.717) is 0 Å². The number of carbonyl (C=O) groups excluding carboxylic acids is 1. The van der Waals surface area contributed by atoms with Gasteiger partial charge in [0.2, 0.25) is 6.08 Å². The van der Waals surface area contributed by atoms with Crippen LogP contribution in [0.3, 0.4) is 0 Å². The molecule has 0 heterocycles. The van der Waals surface area contributed by atoms with E-state index in [1.54, 1.807) is 0 Å². The summed E-state index contributed by atoms with van der Waals surface area (Å²) in [5.41, 5.74) is 0. The topological polar surface area (TPSA) is 29.4 Å². The summed E-state index contributed by atoms with van der Waals surface area (Å²) in [5, 5.41) is 0. The molecular formula is CH3BNOSi. The van der Waals surface area contributed by atoms with Crippen LogP contribution in [0.5, 0.6) is 0 Å². The smallest absolute Gasteiger partial charge is 0.267 e. The van der Waals surface area contributed by atoms with E-state index in [0.717, 1.165) is 10.1 Å². The van der Waals surface area contributed by atoms with Gasteiger partial charge in [-0.05, 0) is 0 Å². The van der Waals surface area contributed by atoms with E-state index >= 15 is 0 Å². The van der Waals surface area contributed by atoms with Gasteiger partial charge in [0, 0.05) is 10.1 Å². The lowest BCUT2D eigenvalue weighted by molar-refractivity contribution is 0.566. The summed E-state index contributed by atoms with van der Waals surface area (Å²) in [4.78, 5) is 12.2. The van der Waals surface area contributed by atoms with Gasteiger partial charge in [-0.1, -0.05) is 0 Å². The van der Waals surface area contributed by atoms with Crippen LogP contribution >= 0.6 is 0 Å². The van der Waals surface area contributed by atoms with Gasteiger partial charge in [0.1, 0.15) is 0 Å². The van der Waals surface area contributed by atoms with E-state index in [9.17, 15) is 0 Å². The minimum atomic E-state index is 0.845. The van der Waals surface area contributed by atoms with Crippen molar-refractivity contribution in [3.05, 3.63) is 0 Å². The summed E-state index contributed by atoms with van der Waals surface area (Å²) in [7, 11) is 2.37. The van der Waals surface area contributed by atoms with E-state index in [-0.39, 0.29) is 0 Å². The van der Waals surface area contributed by atoms with Crippen LogP contribution in [-0.4, -0.2) is 23.2 Å². The van der Waals surface area contributed by atoms with E-state index in [4.69, 9.17) is 4.79 Å². The second kappa shape index (κ2) is 3.66. The molecule has 0 aliphatic rings. The molecule has 0 atom stereocenters. The van der Waals surface area contributed by atoms with E-state index < -0.39 is 0 Å². The first kappa shape index (κ1) is 4.66. The largest absolute Gasteiger partial charge is 0.280 e. The highest BCUT2D eigenvalue weighted by atomic mass is 28.1. The normalized spacial score (nSPS) is 5.60. The molecule has 0 aliphatic carbocycles. The molecule has 0 rings (SSSR count). The Bertz CT molecular complexity index is 58.7. The van der Waals surface area contributed by atoms with Gasteiger partial charge < -0.3 is 0 Å². The van der Waals surface area contributed by atoms with Gasteiger partial charge in [-0.2, -0.15) is 0 Å². The van der Waals surface area contributed by atoms with Crippen LogP contribution in [0.15, 0.2) is 4.90 Å². The van der Waals surface area contributed by atoms with E-state index in [2.05, 4.69) is 4.90 Å². The van der Waals surface area contributed by atoms with E-state index in [1.165, 1.54) is 13.1 Å². The Kier molecular flexibility index (Phi) is 3.41. The van der Waals surface area contributed by atoms with Crippen LogP contribution < -0.4 is 0 Å². The summed E-state index contributed by atoms with van der Waals surface area (Å²) in [6.45, 7) is 0. The minimum Gasteiger partial charge on any atom is -0.280 e. The van der Waals surface area contributed by atoms with Crippen molar-refractivity contribution < 1.29 is 4.79 Å². The van der Waals surface area contributed by atoms with Crippen LogP contribution in [0.4, 0.5) is 0 Å². The molecule has 0 aliphatic heterocycles. The minimum absolute atomic E-state index is 0.845. The lowest BCUT2D eigenvalue weighted by Gasteiger charge is -1.52. The molecule has 0 aromatic carbocycles. The fourth-order valence-corrected chi connectivity index (χ4v) is 0.158. The first-order valence-corrected chi connectivity index (χ1v) is 2.42. The summed E-state index contributed by atoms with van der Waals surface area (Å²) < 4.78 is 0. The zero-order valence-electron chi connectivity index (χ0n) is 2.93. The Morgan fingerprint density at radius 3 is 2.60 bits per heavy atom. The molecule has 0 N–H and O–H groups in total. The van der Waals surface area contributed by atoms with Crippen LogP contribution in [0, 0.1) is 0 Å². The van der Waals surface area contributed by atoms with Gasteiger partial charge in [0.15, 0.2) is 0 Å². The number of rotatable bonds is 1. The maximum absolute atomic E-state index is 9.10. The molecule has 2 nitrogen and oxygen atoms in total. The van der Waals surface area contributed by atoms with Crippen molar-refractivity contribution in [1.29, 1.82) is 0 Å². The molecule has 0 bridgehead atoms. The van der Waals surface area contributed by atoms with Crippen molar-refractivity contribution in [3.8, 4) is 0 Å². The molecule has 0 unspecified atom stereocenters. The third-order valence-electron chi connectivity index (χ3n) is 0.182. The third-order valence-corrected chi connectivity index (χ3v) is 0.440. The Labute approximate surface area is 33.9 Å². The maximum Gasteiger partial charge on any atom is 0.267 e. The maximum atomic E-state index is 9.10. The van der Waals surface area contributed by atoms with Crippen molar-refractivity contribution in [1.82, 2.24) is 0 Å². The average Bonchev–Trinajstić information content (AvgIpc) is 1.41. The zero-order chi connectivity index (χ0) is 4.12. The third kappa shape index (κ3) is 3.66. The van der Waals surface area contributed by atoms with Gasteiger partial charge in [0.25, 0.3) is 7.01 Å². The number of hydrogen-bond acceptors (Lipinski definition) is 2. The Hall–Kier alpha value is -0.338. The van der Waals surface area contributed by atoms with Crippen LogP contribution in [0.25, 0.3) is 0 Å². The summed E-state index contributed by atoms with van der Waals surface area (Å²) in [6.07, 6.45) is 1.37. The van der Waals surface area contributed by atoms with Gasteiger partial charge in [-0.3, -0.25) is 4.90 Å². The lowest BCUT2D eigenvalue weighted by atomic mass is 10.4. The molecule has 25 valence electrons. The second-order valence-corrected chi connectivity index (χ2v) is 0.995. The van der Waals surface area contributed by atoms with Crippen molar-refractivity contribution >= 4 is 23.2 Å². The summed E-state index contributed by atoms with van der Waals surface area (Å²) in [6, 6.07) is 0. The average molecular weight is 83.9 g/mol. The summed E-state index contributed by atoms with van der Waals surface area (Å²) in [5.74, 6) is 0. The highest BCUT2D eigenvalue weighted by molar-refractivity contribution is 6.88. The van der Waals surface area contributed by atoms with Crippen molar-refractivity contribution in [2.75, 3.05) is 0 Å². The van der Waals surface area contributed by atoms with Gasteiger partial charge in [0.05, 0.1) is 0 Å². The first-order valence-electron chi connectivity index (χ1n) is 1.26.